The molecular weight excluding hydrogens is 468 g/mol. The largest absolute Gasteiger partial charge is 0.478 e. The van der Waals surface area contributed by atoms with Crippen LogP contribution in [0, 0.1) is 12.3 Å². The second-order valence-electron chi connectivity index (χ2n) is 7.89. The number of nitrogens with one attached hydrogen (secondary N) is 2. The molecule has 0 heterocycles. The molecule has 8 heteroatoms. The number of carboxylic acids is 1. The van der Waals surface area contributed by atoms with Crippen LogP contribution in [0.15, 0.2) is 66.7 Å². The number of halogens is 1. The Hall–Kier alpha value is -4.28. The topological polar surface area (TPSA) is 105 Å². The zero-order valence-corrected chi connectivity index (χ0v) is 19.2. The van der Waals surface area contributed by atoms with Crippen molar-refractivity contribution < 1.29 is 24.2 Å². The summed E-state index contributed by atoms with van der Waals surface area (Å²) in [6.07, 6.45) is 4.44. The number of carbonyl (C=O) groups is 3. The highest BCUT2D eigenvalue weighted by Gasteiger charge is 2.30. The van der Waals surface area contributed by atoms with Gasteiger partial charge in [-0.3, -0.25) is 4.79 Å². The average Bonchev–Trinajstić information content (AvgIpc) is 3.16. The lowest BCUT2D eigenvalue weighted by atomic mass is 9.98. The number of carboxylic acid groups (broad SMARTS) is 1. The van der Waals surface area contributed by atoms with Crippen molar-refractivity contribution >= 4 is 35.3 Å². The Morgan fingerprint density at radius 1 is 1.00 bits per heavy atom. The Morgan fingerprint density at radius 2 is 1.63 bits per heavy atom. The standard InChI is InChI=1S/C27H21ClN2O5/c1-2-8-23(25(31)29-22-14-7-13-21(28)24(22)26(32)33)30-27(34)35-15-20-18-11-5-3-9-16(18)17-10-4-6-12-19(17)20/h1,3-7,9-14,20,23H,8,15H2,(H,29,31)(H,30,34)(H,32,33). The van der Waals surface area contributed by atoms with E-state index in [9.17, 15) is 19.5 Å². The van der Waals surface area contributed by atoms with Crippen LogP contribution < -0.4 is 10.6 Å². The van der Waals surface area contributed by atoms with Crippen molar-refractivity contribution in [2.75, 3.05) is 11.9 Å². The van der Waals surface area contributed by atoms with Gasteiger partial charge in [-0.1, -0.05) is 66.2 Å². The molecule has 0 aliphatic heterocycles. The Kier molecular flexibility index (Phi) is 7.04. The Morgan fingerprint density at radius 3 is 2.23 bits per heavy atom. The maximum atomic E-state index is 12.8. The minimum absolute atomic E-state index is 0.00800. The van der Waals surface area contributed by atoms with Crippen LogP contribution in [0.1, 0.15) is 33.8 Å². The normalized spacial score (nSPS) is 12.6. The van der Waals surface area contributed by atoms with Crippen LogP contribution in [0.3, 0.4) is 0 Å². The molecule has 0 fully saturated rings. The van der Waals surface area contributed by atoms with Crippen LogP contribution in [-0.2, 0) is 9.53 Å². The number of anilines is 1. The van der Waals surface area contributed by atoms with E-state index in [2.05, 4.69) is 16.6 Å². The predicted molar refractivity (Wildman–Crippen MR) is 132 cm³/mol. The van der Waals surface area contributed by atoms with E-state index in [1.807, 2.05) is 48.5 Å². The van der Waals surface area contributed by atoms with Crippen molar-refractivity contribution in [3.05, 3.63) is 88.4 Å². The molecule has 0 radical (unpaired) electrons. The molecule has 3 N–H and O–H groups in total. The van der Waals surface area contributed by atoms with Crippen molar-refractivity contribution in [3.8, 4) is 23.5 Å². The second kappa shape index (κ2) is 10.3. The zero-order valence-electron chi connectivity index (χ0n) is 18.5. The van der Waals surface area contributed by atoms with E-state index in [1.54, 1.807) is 0 Å². The number of hydrogen-bond donors (Lipinski definition) is 3. The van der Waals surface area contributed by atoms with Gasteiger partial charge in [0.15, 0.2) is 0 Å². The minimum Gasteiger partial charge on any atom is -0.478 e. The molecule has 2 amide bonds. The van der Waals surface area contributed by atoms with Gasteiger partial charge in [-0.2, -0.15) is 0 Å². The average molecular weight is 489 g/mol. The van der Waals surface area contributed by atoms with Crippen molar-refractivity contribution in [2.45, 2.75) is 18.4 Å². The summed E-state index contributed by atoms with van der Waals surface area (Å²) in [5, 5.41) is 14.3. The van der Waals surface area contributed by atoms with Gasteiger partial charge in [0.25, 0.3) is 0 Å². The van der Waals surface area contributed by atoms with Gasteiger partial charge in [-0.25, -0.2) is 9.59 Å². The molecule has 3 aromatic carbocycles. The molecule has 0 spiro atoms. The number of ether oxygens (including phenoxy) is 1. The summed E-state index contributed by atoms with van der Waals surface area (Å²) in [7, 11) is 0. The van der Waals surface area contributed by atoms with Gasteiger partial charge < -0.3 is 20.5 Å². The Balaban J connectivity index is 1.44. The van der Waals surface area contributed by atoms with E-state index >= 15 is 0 Å². The minimum atomic E-state index is -1.30. The summed E-state index contributed by atoms with van der Waals surface area (Å²) in [5.74, 6) is 0.202. The van der Waals surface area contributed by atoms with E-state index < -0.39 is 24.0 Å². The number of alkyl carbamates (subject to hydrolysis) is 1. The van der Waals surface area contributed by atoms with Crippen LogP contribution in [0.25, 0.3) is 11.1 Å². The summed E-state index contributed by atoms with van der Waals surface area (Å²) < 4.78 is 5.48. The van der Waals surface area contributed by atoms with E-state index in [1.165, 1.54) is 18.2 Å². The van der Waals surface area contributed by atoms with Crippen molar-refractivity contribution in [1.29, 1.82) is 0 Å². The van der Waals surface area contributed by atoms with Gasteiger partial charge in [-0.15, -0.1) is 12.3 Å². The van der Waals surface area contributed by atoms with Crippen LogP contribution >= 0.6 is 11.6 Å². The van der Waals surface area contributed by atoms with Crippen LogP contribution in [0.4, 0.5) is 10.5 Å². The number of aromatic carboxylic acids is 1. The number of hydrogen-bond acceptors (Lipinski definition) is 4. The van der Waals surface area contributed by atoms with E-state index in [-0.39, 0.29) is 35.2 Å². The van der Waals surface area contributed by atoms with Gasteiger partial charge in [0.2, 0.25) is 5.91 Å². The molecule has 1 atom stereocenters. The first-order chi connectivity index (χ1) is 16.9. The number of terminal acetylenes is 1. The SMILES string of the molecule is C#CCC(NC(=O)OCC1c2ccccc2-c2ccccc21)C(=O)Nc1cccc(Cl)c1C(=O)O. The molecule has 1 unspecified atom stereocenters. The smallest absolute Gasteiger partial charge is 0.407 e. The lowest BCUT2D eigenvalue weighted by molar-refractivity contribution is -0.118. The number of fused-ring (bicyclic) bond motifs is 3. The van der Waals surface area contributed by atoms with Gasteiger partial charge in [-0.05, 0) is 34.4 Å². The summed E-state index contributed by atoms with van der Waals surface area (Å²) in [4.78, 5) is 36.9. The van der Waals surface area contributed by atoms with Crippen LogP contribution in [-0.4, -0.2) is 35.7 Å². The highest BCUT2D eigenvalue weighted by Crippen LogP contribution is 2.44. The molecule has 3 aromatic rings. The summed E-state index contributed by atoms with van der Waals surface area (Å²) >= 11 is 5.95. The highest BCUT2D eigenvalue weighted by molar-refractivity contribution is 6.34. The van der Waals surface area contributed by atoms with Crippen molar-refractivity contribution in [2.24, 2.45) is 0 Å². The third-order valence-electron chi connectivity index (χ3n) is 5.76. The quantitative estimate of drug-likeness (QED) is 0.410. The van der Waals surface area contributed by atoms with Gasteiger partial charge in [0.05, 0.1) is 10.7 Å². The van der Waals surface area contributed by atoms with Gasteiger partial charge in [0.1, 0.15) is 18.2 Å². The van der Waals surface area contributed by atoms with Crippen LogP contribution in [0.2, 0.25) is 5.02 Å². The Bertz CT molecular complexity index is 1300. The first-order valence-electron chi connectivity index (χ1n) is 10.8. The lowest BCUT2D eigenvalue weighted by Crippen LogP contribution is -2.44. The summed E-state index contributed by atoms with van der Waals surface area (Å²) in [5.41, 5.74) is 4.03. The molecule has 4 rings (SSSR count). The second-order valence-corrected chi connectivity index (χ2v) is 8.29. The predicted octanol–water partition coefficient (Wildman–Crippen LogP) is 4.91. The molecule has 0 aromatic heterocycles. The molecule has 176 valence electrons. The molecule has 7 nitrogen and oxygen atoms in total. The number of carbonyl (C=O) groups excluding carboxylic acids is 2. The molecule has 1 aliphatic carbocycles. The monoisotopic (exact) mass is 488 g/mol. The van der Waals surface area contributed by atoms with Crippen molar-refractivity contribution in [3.63, 3.8) is 0 Å². The molecule has 0 saturated carbocycles. The third kappa shape index (κ3) is 4.98. The maximum absolute atomic E-state index is 12.8. The number of rotatable bonds is 7. The fraction of sp³-hybridized carbons (Fsp3) is 0.148. The van der Waals surface area contributed by atoms with Crippen LogP contribution in [0.5, 0.6) is 0 Å². The molecule has 0 bridgehead atoms. The Labute approximate surface area is 207 Å². The van der Waals surface area contributed by atoms with E-state index in [0.29, 0.717) is 0 Å². The lowest BCUT2D eigenvalue weighted by Gasteiger charge is -2.19. The van der Waals surface area contributed by atoms with E-state index in [0.717, 1.165) is 22.3 Å². The number of benzene rings is 3. The number of amides is 2. The molecule has 1 aliphatic rings. The summed E-state index contributed by atoms with van der Waals surface area (Å²) in [6, 6.07) is 19.0. The first kappa shape index (κ1) is 23.9. The third-order valence-corrected chi connectivity index (χ3v) is 6.07. The fourth-order valence-electron chi connectivity index (χ4n) is 4.17. The zero-order chi connectivity index (χ0) is 24.9. The van der Waals surface area contributed by atoms with E-state index in [4.69, 9.17) is 22.8 Å². The van der Waals surface area contributed by atoms with Gasteiger partial charge in [0, 0.05) is 12.3 Å². The molecule has 35 heavy (non-hydrogen) atoms. The molecular formula is C27H21ClN2O5. The fourth-order valence-corrected chi connectivity index (χ4v) is 4.43. The first-order valence-corrected chi connectivity index (χ1v) is 11.2. The van der Waals surface area contributed by atoms with Crippen molar-refractivity contribution in [1.82, 2.24) is 5.32 Å². The molecule has 0 saturated heterocycles. The maximum Gasteiger partial charge on any atom is 0.407 e. The van der Waals surface area contributed by atoms with Gasteiger partial charge >= 0.3 is 12.1 Å². The summed E-state index contributed by atoms with van der Waals surface area (Å²) in [6.45, 7) is 0.0711. The highest BCUT2D eigenvalue weighted by atomic mass is 35.5.